The van der Waals surface area contributed by atoms with Gasteiger partial charge in [0, 0.05) is 18.6 Å². The van der Waals surface area contributed by atoms with Crippen LogP contribution in [0, 0.1) is 10.1 Å². The first-order valence-corrected chi connectivity index (χ1v) is 9.20. The van der Waals surface area contributed by atoms with Crippen molar-refractivity contribution in [2.75, 3.05) is 7.11 Å². The third-order valence-electron chi connectivity index (χ3n) is 4.11. The number of nitrogens with zero attached hydrogens (tertiary/aromatic N) is 5. The van der Waals surface area contributed by atoms with Crippen LogP contribution in [0.25, 0.3) is 17.1 Å². The van der Waals surface area contributed by atoms with Crippen molar-refractivity contribution < 1.29 is 9.66 Å². The summed E-state index contributed by atoms with van der Waals surface area (Å²) in [5, 5.41) is 24.5. The van der Waals surface area contributed by atoms with E-state index >= 15 is 0 Å². The van der Waals surface area contributed by atoms with Gasteiger partial charge in [0.2, 0.25) is 4.96 Å². The number of rotatable bonds is 6. The van der Waals surface area contributed by atoms with Crippen molar-refractivity contribution in [1.29, 1.82) is 0 Å². The normalized spacial score (nSPS) is 11.3. The SMILES string of the molecule is COc1ccc(Cc2nnc3sc(/C=C/c4ccc([N+](=O)[O-])cc4)nn23)cc1. The molecule has 0 saturated carbocycles. The van der Waals surface area contributed by atoms with Gasteiger partial charge in [0.15, 0.2) is 5.82 Å². The Morgan fingerprint density at radius 1 is 1.11 bits per heavy atom. The van der Waals surface area contributed by atoms with Gasteiger partial charge in [-0.15, -0.1) is 10.2 Å². The van der Waals surface area contributed by atoms with Crippen molar-refractivity contribution >= 4 is 34.1 Å². The van der Waals surface area contributed by atoms with E-state index in [0.717, 1.165) is 27.7 Å². The fraction of sp³-hybridized carbons (Fsp3) is 0.105. The number of fused-ring (bicyclic) bond motifs is 1. The molecule has 0 N–H and O–H groups in total. The van der Waals surface area contributed by atoms with E-state index in [1.54, 1.807) is 23.8 Å². The minimum atomic E-state index is -0.416. The topological polar surface area (TPSA) is 95.5 Å². The lowest BCUT2D eigenvalue weighted by Crippen LogP contribution is -1.97. The highest BCUT2D eigenvalue weighted by molar-refractivity contribution is 7.17. The van der Waals surface area contributed by atoms with Crippen LogP contribution >= 0.6 is 11.3 Å². The number of hydrogen-bond acceptors (Lipinski definition) is 7. The monoisotopic (exact) mass is 393 g/mol. The Morgan fingerprint density at radius 2 is 1.86 bits per heavy atom. The predicted molar refractivity (Wildman–Crippen MR) is 106 cm³/mol. The fourth-order valence-electron chi connectivity index (χ4n) is 2.65. The van der Waals surface area contributed by atoms with Crippen molar-refractivity contribution in [3.8, 4) is 5.75 Å². The highest BCUT2D eigenvalue weighted by atomic mass is 32.1. The molecule has 28 heavy (non-hydrogen) atoms. The quantitative estimate of drug-likeness (QED) is 0.365. The lowest BCUT2D eigenvalue weighted by molar-refractivity contribution is -0.384. The molecule has 0 aliphatic rings. The van der Waals surface area contributed by atoms with Crippen molar-refractivity contribution in [3.63, 3.8) is 0 Å². The average Bonchev–Trinajstić information content (AvgIpc) is 3.29. The molecule has 0 spiro atoms. The van der Waals surface area contributed by atoms with E-state index in [1.807, 2.05) is 36.4 Å². The van der Waals surface area contributed by atoms with E-state index in [1.165, 1.54) is 23.5 Å². The summed E-state index contributed by atoms with van der Waals surface area (Å²) in [6.07, 6.45) is 4.33. The average molecular weight is 393 g/mol. The molecule has 4 rings (SSSR count). The van der Waals surface area contributed by atoms with Crippen molar-refractivity contribution in [2.24, 2.45) is 0 Å². The number of non-ortho nitro benzene ring substituents is 1. The van der Waals surface area contributed by atoms with Crippen LogP contribution < -0.4 is 4.74 Å². The second kappa shape index (κ2) is 7.57. The standard InChI is InChI=1S/C19H15N5O3S/c1-27-16-9-4-14(5-10-16)12-17-20-21-19-23(17)22-18(28-19)11-6-13-2-7-15(8-3-13)24(25)26/h2-11H,12H2,1H3/b11-6+. The molecule has 140 valence electrons. The summed E-state index contributed by atoms with van der Waals surface area (Å²) in [5.74, 6) is 1.56. The summed E-state index contributed by atoms with van der Waals surface area (Å²) in [6, 6.07) is 14.1. The number of nitro groups is 1. The van der Waals surface area contributed by atoms with Gasteiger partial charge in [-0.3, -0.25) is 10.1 Å². The maximum atomic E-state index is 10.7. The largest absolute Gasteiger partial charge is 0.497 e. The molecular formula is C19H15N5O3S. The lowest BCUT2D eigenvalue weighted by Gasteiger charge is -2.01. The van der Waals surface area contributed by atoms with Gasteiger partial charge in [0.1, 0.15) is 10.8 Å². The summed E-state index contributed by atoms with van der Waals surface area (Å²) in [7, 11) is 1.64. The molecule has 0 unspecified atom stereocenters. The van der Waals surface area contributed by atoms with Gasteiger partial charge in [-0.25, -0.2) is 0 Å². The molecule has 0 radical (unpaired) electrons. The van der Waals surface area contributed by atoms with Crippen LogP contribution in [0.5, 0.6) is 5.75 Å². The van der Waals surface area contributed by atoms with Crippen LogP contribution in [-0.4, -0.2) is 31.8 Å². The van der Waals surface area contributed by atoms with Gasteiger partial charge in [-0.1, -0.05) is 29.5 Å². The Morgan fingerprint density at radius 3 is 2.54 bits per heavy atom. The molecule has 2 aromatic carbocycles. The summed E-state index contributed by atoms with van der Waals surface area (Å²) >= 11 is 1.43. The van der Waals surface area contributed by atoms with E-state index in [-0.39, 0.29) is 5.69 Å². The highest BCUT2D eigenvalue weighted by Crippen LogP contribution is 2.20. The summed E-state index contributed by atoms with van der Waals surface area (Å²) in [6.45, 7) is 0. The molecule has 0 amide bonds. The van der Waals surface area contributed by atoms with Crippen LogP contribution in [0.15, 0.2) is 48.5 Å². The molecule has 9 heteroatoms. The fourth-order valence-corrected chi connectivity index (χ4v) is 3.41. The Bertz CT molecular complexity index is 1150. The first-order valence-electron chi connectivity index (χ1n) is 8.39. The maximum Gasteiger partial charge on any atom is 0.269 e. The third kappa shape index (κ3) is 3.74. The Balaban J connectivity index is 1.52. The first kappa shape index (κ1) is 17.8. The van der Waals surface area contributed by atoms with Crippen molar-refractivity contribution in [3.05, 3.63) is 80.6 Å². The molecule has 0 atom stereocenters. The van der Waals surface area contributed by atoms with E-state index < -0.39 is 4.92 Å². The Kier molecular flexibility index (Phi) is 4.81. The van der Waals surface area contributed by atoms with Crippen LogP contribution in [0.1, 0.15) is 22.0 Å². The molecule has 0 aliphatic carbocycles. The predicted octanol–water partition coefficient (Wildman–Crippen LogP) is 3.86. The zero-order valence-electron chi connectivity index (χ0n) is 14.8. The molecule has 8 nitrogen and oxygen atoms in total. The van der Waals surface area contributed by atoms with Gasteiger partial charge >= 0.3 is 0 Å². The first-order chi connectivity index (χ1) is 13.6. The van der Waals surface area contributed by atoms with Gasteiger partial charge in [0.25, 0.3) is 5.69 Å². The van der Waals surface area contributed by atoms with E-state index in [0.29, 0.717) is 11.4 Å². The summed E-state index contributed by atoms with van der Waals surface area (Å²) in [4.78, 5) is 11.0. The smallest absolute Gasteiger partial charge is 0.269 e. The molecule has 2 aromatic heterocycles. The summed E-state index contributed by atoms with van der Waals surface area (Å²) < 4.78 is 6.92. The van der Waals surface area contributed by atoms with Crippen LogP contribution in [0.4, 0.5) is 5.69 Å². The molecule has 0 bridgehead atoms. The lowest BCUT2D eigenvalue weighted by atomic mass is 10.1. The van der Waals surface area contributed by atoms with E-state index in [9.17, 15) is 10.1 Å². The van der Waals surface area contributed by atoms with Gasteiger partial charge in [-0.05, 0) is 41.5 Å². The maximum absolute atomic E-state index is 10.7. The van der Waals surface area contributed by atoms with Crippen molar-refractivity contribution in [1.82, 2.24) is 19.8 Å². The Hall–Kier alpha value is -3.59. The van der Waals surface area contributed by atoms with Crippen LogP contribution in [-0.2, 0) is 6.42 Å². The number of benzene rings is 2. The molecule has 4 aromatic rings. The summed E-state index contributed by atoms with van der Waals surface area (Å²) in [5.41, 5.74) is 2.01. The number of ether oxygens (including phenoxy) is 1. The minimum absolute atomic E-state index is 0.0686. The van der Waals surface area contributed by atoms with Crippen LogP contribution in [0.3, 0.4) is 0 Å². The highest BCUT2D eigenvalue weighted by Gasteiger charge is 2.11. The molecular weight excluding hydrogens is 378 g/mol. The zero-order chi connectivity index (χ0) is 19.5. The molecule has 0 saturated heterocycles. The zero-order valence-corrected chi connectivity index (χ0v) is 15.7. The van der Waals surface area contributed by atoms with E-state index in [2.05, 4.69) is 15.3 Å². The number of methoxy groups -OCH3 is 1. The number of nitro benzene ring substituents is 1. The number of hydrogen-bond donors (Lipinski definition) is 0. The Labute approximate surface area is 163 Å². The number of aromatic nitrogens is 4. The second-order valence-electron chi connectivity index (χ2n) is 5.96. The third-order valence-corrected chi connectivity index (χ3v) is 4.98. The van der Waals surface area contributed by atoms with Crippen LogP contribution in [0.2, 0.25) is 0 Å². The molecule has 2 heterocycles. The van der Waals surface area contributed by atoms with Crippen molar-refractivity contribution in [2.45, 2.75) is 6.42 Å². The second-order valence-corrected chi connectivity index (χ2v) is 6.95. The van der Waals surface area contributed by atoms with Gasteiger partial charge in [-0.2, -0.15) is 9.61 Å². The minimum Gasteiger partial charge on any atom is -0.497 e. The van der Waals surface area contributed by atoms with E-state index in [4.69, 9.17) is 4.74 Å². The molecule has 0 aliphatic heterocycles. The van der Waals surface area contributed by atoms with Gasteiger partial charge in [0.05, 0.1) is 12.0 Å². The van der Waals surface area contributed by atoms with Gasteiger partial charge < -0.3 is 4.74 Å². The molecule has 0 fully saturated rings.